The van der Waals surface area contributed by atoms with Gasteiger partial charge in [-0.1, -0.05) is 17.8 Å². The summed E-state index contributed by atoms with van der Waals surface area (Å²) in [4.78, 5) is 34.7. The highest BCUT2D eigenvalue weighted by Gasteiger charge is 2.32. The Balaban J connectivity index is 1.37. The van der Waals surface area contributed by atoms with Crippen molar-refractivity contribution in [1.82, 2.24) is 9.97 Å². The number of thioether (sulfide) groups is 1. The Bertz CT molecular complexity index is 1100. The van der Waals surface area contributed by atoms with Crippen molar-refractivity contribution in [2.75, 3.05) is 17.2 Å². The number of anilines is 1. The van der Waals surface area contributed by atoms with Crippen molar-refractivity contribution >= 4 is 40.2 Å². The van der Waals surface area contributed by atoms with Gasteiger partial charge in [0, 0.05) is 12.1 Å². The number of imidazole rings is 1. The molecule has 2 aliphatic heterocycles. The molecule has 5 rings (SSSR count). The third-order valence-corrected chi connectivity index (χ3v) is 6.16. The average Bonchev–Trinajstić information content (AvgIpc) is 3.21. The molecular weight excluding hydrogens is 358 g/mol. The second-order valence-electron chi connectivity index (χ2n) is 7.24. The van der Waals surface area contributed by atoms with E-state index < -0.39 is 0 Å². The number of nitrogens with one attached hydrogen (secondary N) is 1. The van der Waals surface area contributed by atoms with Crippen LogP contribution in [-0.2, 0) is 17.6 Å². The number of nitrogens with zero attached hydrogens (tertiary/aromatic N) is 2. The SMILES string of the molecule is Cc1ccc2nc(SCC(=O)c3cc4c5c(c3)CC(=O)N5CCC4)[nH]c2c1. The van der Waals surface area contributed by atoms with E-state index >= 15 is 0 Å². The molecule has 0 aliphatic carbocycles. The highest BCUT2D eigenvalue weighted by Crippen LogP contribution is 2.37. The number of amides is 1. The van der Waals surface area contributed by atoms with Crippen molar-refractivity contribution in [3.63, 3.8) is 0 Å². The van der Waals surface area contributed by atoms with Gasteiger partial charge in [0.15, 0.2) is 10.9 Å². The van der Waals surface area contributed by atoms with Crippen LogP contribution in [0, 0.1) is 6.92 Å². The van der Waals surface area contributed by atoms with E-state index in [1.54, 1.807) is 0 Å². The second kappa shape index (κ2) is 6.23. The molecule has 0 spiro atoms. The predicted molar refractivity (Wildman–Crippen MR) is 107 cm³/mol. The minimum Gasteiger partial charge on any atom is -0.333 e. The van der Waals surface area contributed by atoms with Crippen molar-refractivity contribution in [1.29, 1.82) is 0 Å². The first kappa shape index (κ1) is 16.6. The van der Waals surface area contributed by atoms with Crippen molar-refractivity contribution in [2.24, 2.45) is 0 Å². The van der Waals surface area contributed by atoms with Gasteiger partial charge in [-0.25, -0.2) is 4.98 Å². The van der Waals surface area contributed by atoms with Crippen LogP contribution in [0.25, 0.3) is 11.0 Å². The van der Waals surface area contributed by atoms with Crippen LogP contribution in [0.3, 0.4) is 0 Å². The molecule has 136 valence electrons. The number of H-pyrrole nitrogens is 1. The number of aryl methyl sites for hydroxylation is 2. The molecule has 3 heterocycles. The number of aromatic amines is 1. The lowest BCUT2D eigenvalue weighted by molar-refractivity contribution is -0.117. The maximum Gasteiger partial charge on any atom is 0.231 e. The lowest BCUT2D eigenvalue weighted by atomic mass is 9.96. The Morgan fingerprint density at radius 3 is 3.00 bits per heavy atom. The fourth-order valence-corrected chi connectivity index (χ4v) is 4.81. The fourth-order valence-electron chi connectivity index (χ4n) is 4.03. The standard InChI is InChI=1S/C21H19N3O2S/c1-12-4-5-16-17(7-12)23-21(22-16)27-11-18(25)14-8-13-3-2-6-24-19(26)10-15(9-14)20(13)24/h4-5,7-9H,2-3,6,10-11H2,1H3,(H,22,23). The topological polar surface area (TPSA) is 66.1 Å². The van der Waals surface area contributed by atoms with Crippen LogP contribution in [0.15, 0.2) is 35.5 Å². The zero-order valence-corrected chi connectivity index (χ0v) is 15.9. The Hall–Kier alpha value is -2.60. The molecule has 1 aromatic heterocycles. The van der Waals surface area contributed by atoms with Gasteiger partial charge >= 0.3 is 0 Å². The first-order valence-electron chi connectivity index (χ1n) is 9.17. The molecule has 6 heteroatoms. The molecule has 0 atom stereocenters. The summed E-state index contributed by atoms with van der Waals surface area (Å²) < 4.78 is 0. The summed E-state index contributed by atoms with van der Waals surface area (Å²) in [7, 11) is 0. The number of aromatic nitrogens is 2. The van der Waals surface area contributed by atoms with E-state index in [1.165, 1.54) is 17.3 Å². The molecule has 0 radical (unpaired) electrons. The van der Waals surface area contributed by atoms with Crippen molar-refractivity contribution in [2.45, 2.75) is 31.3 Å². The quantitative estimate of drug-likeness (QED) is 0.556. The van der Waals surface area contributed by atoms with Crippen LogP contribution < -0.4 is 4.90 Å². The summed E-state index contributed by atoms with van der Waals surface area (Å²) in [6, 6.07) is 9.97. The summed E-state index contributed by atoms with van der Waals surface area (Å²) in [6.07, 6.45) is 2.31. The van der Waals surface area contributed by atoms with Crippen LogP contribution in [0.2, 0.25) is 0 Å². The molecule has 0 saturated carbocycles. The average molecular weight is 377 g/mol. The van der Waals surface area contributed by atoms with Gasteiger partial charge in [0.25, 0.3) is 0 Å². The minimum atomic E-state index is 0.0761. The van der Waals surface area contributed by atoms with E-state index in [1.807, 2.05) is 36.1 Å². The number of Topliss-reactive ketones (excluding diaryl/α,β-unsaturated/α-hetero) is 1. The highest BCUT2D eigenvalue weighted by atomic mass is 32.2. The number of fused-ring (bicyclic) bond motifs is 1. The van der Waals surface area contributed by atoms with Crippen molar-refractivity contribution < 1.29 is 9.59 Å². The fraction of sp³-hybridized carbons (Fsp3) is 0.286. The molecule has 1 amide bonds. The van der Waals surface area contributed by atoms with Crippen LogP contribution in [0.5, 0.6) is 0 Å². The van der Waals surface area contributed by atoms with Gasteiger partial charge in [-0.3, -0.25) is 9.59 Å². The molecule has 1 N–H and O–H groups in total. The summed E-state index contributed by atoms with van der Waals surface area (Å²) in [5.74, 6) is 0.559. The number of hydrogen-bond donors (Lipinski definition) is 1. The largest absolute Gasteiger partial charge is 0.333 e. The third kappa shape index (κ3) is 2.84. The summed E-state index contributed by atoms with van der Waals surface area (Å²) in [5.41, 5.74) is 6.99. The zero-order valence-electron chi connectivity index (χ0n) is 15.0. The Morgan fingerprint density at radius 2 is 2.11 bits per heavy atom. The maximum atomic E-state index is 12.8. The number of ketones is 1. The van der Waals surface area contributed by atoms with E-state index in [0.717, 1.165) is 52.4 Å². The van der Waals surface area contributed by atoms with Gasteiger partial charge in [0.1, 0.15) is 0 Å². The van der Waals surface area contributed by atoms with Gasteiger partial charge in [0.05, 0.1) is 28.9 Å². The molecule has 0 unspecified atom stereocenters. The third-order valence-electron chi connectivity index (χ3n) is 5.29. The lowest BCUT2D eigenvalue weighted by Crippen LogP contribution is -2.31. The monoisotopic (exact) mass is 377 g/mol. The predicted octanol–water partition coefficient (Wildman–Crippen LogP) is 3.68. The molecule has 0 bridgehead atoms. The van der Waals surface area contributed by atoms with Crippen LogP contribution in [-0.4, -0.2) is 34.0 Å². The number of carbonyl (C=O) groups is 2. The molecular formula is C21H19N3O2S. The second-order valence-corrected chi connectivity index (χ2v) is 8.21. The van der Waals surface area contributed by atoms with E-state index in [-0.39, 0.29) is 11.7 Å². The Kier molecular flexibility index (Phi) is 3.82. The molecule has 0 fully saturated rings. The van der Waals surface area contributed by atoms with Crippen LogP contribution in [0.4, 0.5) is 5.69 Å². The summed E-state index contributed by atoms with van der Waals surface area (Å²) in [6.45, 7) is 2.84. The van der Waals surface area contributed by atoms with Crippen LogP contribution in [0.1, 0.15) is 33.5 Å². The van der Waals surface area contributed by atoms with E-state index in [0.29, 0.717) is 17.7 Å². The van der Waals surface area contributed by atoms with E-state index in [9.17, 15) is 9.59 Å². The van der Waals surface area contributed by atoms with Crippen LogP contribution >= 0.6 is 11.8 Å². The van der Waals surface area contributed by atoms with Crippen molar-refractivity contribution in [3.05, 3.63) is 52.6 Å². The number of benzene rings is 2. The molecule has 5 nitrogen and oxygen atoms in total. The normalized spacial score (nSPS) is 15.4. The zero-order chi connectivity index (χ0) is 18.5. The van der Waals surface area contributed by atoms with Crippen molar-refractivity contribution in [3.8, 4) is 0 Å². The van der Waals surface area contributed by atoms with Gasteiger partial charge in [-0.05, 0) is 60.7 Å². The summed E-state index contributed by atoms with van der Waals surface area (Å²) in [5, 5.41) is 0.757. The Morgan fingerprint density at radius 1 is 1.26 bits per heavy atom. The minimum absolute atomic E-state index is 0.0761. The summed E-state index contributed by atoms with van der Waals surface area (Å²) >= 11 is 1.42. The lowest BCUT2D eigenvalue weighted by Gasteiger charge is -2.25. The van der Waals surface area contributed by atoms with Gasteiger partial charge < -0.3 is 9.88 Å². The first-order chi connectivity index (χ1) is 13.1. The van der Waals surface area contributed by atoms with Gasteiger partial charge in [-0.15, -0.1) is 0 Å². The van der Waals surface area contributed by atoms with E-state index in [2.05, 4.69) is 16.0 Å². The smallest absolute Gasteiger partial charge is 0.231 e. The first-order valence-corrected chi connectivity index (χ1v) is 10.2. The highest BCUT2D eigenvalue weighted by molar-refractivity contribution is 7.99. The number of hydrogen-bond acceptors (Lipinski definition) is 4. The molecule has 2 aliphatic rings. The number of rotatable bonds is 4. The molecule has 3 aromatic rings. The molecule has 27 heavy (non-hydrogen) atoms. The van der Waals surface area contributed by atoms with Gasteiger partial charge in [-0.2, -0.15) is 0 Å². The van der Waals surface area contributed by atoms with Gasteiger partial charge in [0.2, 0.25) is 5.91 Å². The molecule has 0 saturated heterocycles. The number of carbonyl (C=O) groups excluding carboxylic acids is 2. The van der Waals surface area contributed by atoms with E-state index in [4.69, 9.17) is 0 Å². The maximum absolute atomic E-state index is 12.8. The Labute approximate surface area is 161 Å². The molecule has 2 aromatic carbocycles.